The second-order valence-electron chi connectivity index (χ2n) is 4.98. The van der Waals surface area contributed by atoms with Crippen LogP contribution in [0.25, 0.3) is 0 Å². The number of carbonyl (C=O) groups is 2. The largest absolute Gasteiger partial charge is 0.460 e. The third-order valence-corrected chi connectivity index (χ3v) is 2.05. The first-order chi connectivity index (χ1) is 7.78. The molecule has 5 heteroatoms. The van der Waals surface area contributed by atoms with E-state index in [1.165, 1.54) is 11.8 Å². The molecule has 17 heavy (non-hydrogen) atoms. The van der Waals surface area contributed by atoms with Gasteiger partial charge in [0.2, 0.25) is 0 Å². The molecule has 0 aromatic carbocycles. The van der Waals surface area contributed by atoms with Crippen LogP contribution < -0.4 is 0 Å². The minimum Gasteiger partial charge on any atom is -0.460 e. The van der Waals surface area contributed by atoms with Gasteiger partial charge in [0.1, 0.15) is 11.7 Å². The minimum absolute atomic E-state index is 0.287. The van der Waals surface area contributed by atoms with Crippen molar-refractivity contribution in [1.29, 1.82) is 0 Å². The Morgan fingerprint density at radius 2 is 2.00 bits per heavy atom. The molecule has 1 aliphatic heterocycles. The third-order valence-electron chi connectivity index (χ3n) is 2.05. The second-order valence-corrected chi connectivity index (χ2v) is 4.98. The average Bonchev–Trinajstić information content (AvgIpc) is 2.14. The summed E-state index contributed by atoms with van der Waals surface area (Å²) in [6, 6.07) is 0. The highest BCUT2D eigenvalue weighted by molar-refractivity contribution is 5.70. The summed E-state index contributed by atoms with van der Waals surface area (Å²) in [6.45, 7) is 7.12. The van der Waals surface area contributed by atoms with Gasteiger partial charge in [-0.3, -0.25) is 9.69 Å². The van der Waals surface area contributed by atoms with Gasteiger partial charge >= 0.3 is 12.1 Å². The summed E-state index contributed by atoms with van der Waals surface area (Å²) in [5, 5.41) is 0. The van der Waals surface area contributed by atoms with Gasteiger partial charge < -0.3 is 9.47 Å². The van der Waals surface area contributed by atoms with Crippen LogP contribution in [0.2, 0.25) is 0 Å². The molecule has 1 atom stereocenters. The van der Waals surface area contributed by atoms with Crippen molar-refractivity contribution in [2.45, 2.75) is 45.8 Å². The van der Waals surface area contributed by atoms with E-state index in [4.69, 9.17) is 9.47 Å². The van der Waals surface area contributed by atoms with Crippen LogP contribution >= 0.6 is 0 Å². The zero-order chi connectivity index (χ0) is 13.1. The van der Waals surface area contributed by atoms with Crippen LogP contribution in [-0.4, -0.2) is 35.2 Å². The third kappa shape index (κ3) is 4.89. The van der Waals surface area contributed by atoms with Crippen molar-refractivity contribution in [1.82, 2.24) is 4.90 Å². The van der Waals surface area contributed by atoms with E-state index in [1.807, 2.05) is 20.8 Å². The van der Waals surface area contributed by atoms with Crippen molar-refractivity contribution < 1.29 is 19.1 Å². The topological polar surface area (TPSA) is 55.8 Å². The van der Waals surface area contributed by atoms with E-state index in [1.54, 1.807) is 12.3 Å². The average molecular weight is 241 g/mol. The lowest BCUT2D eigenvalue weighted by atomic mass is 10.2. The Kier molecular flexibility index (Phi) is 4.15. The summed E-state index contributed by atoms with van der Waals surface area (Å²) in [7, 11) is 0. The monoisotopic (exact) mass is 241 g/mol. The first-order valence-corrected chi connectivity index (χ1v) is 5.61. The molecule has 0 saturated carbocycles. The zero-order valence-corrected chi connectivity index (χ0v) is 10.7. The van der Waals surface area contributed by atoms with Gasteiger partial charge in [-0.15, -0.1) is 0 Å². The van der Waals surface area contributed by atoms with Gasteiger partial charge in [-0.05, 0) is 20.8 Å². The molecule has 1 amide bonds. The van der Waals surface area contributed by atoms with Crippen molar-refractivity contribution in [3.05, 3.63) is 12.3 Å². The van der Waals surface area contributed by atoms with Crippen LogP contribution in [0, 0.1) is 0 Å². The summed E-state index contributed by atoms with van der Waals surface area (Å²) in [4.78, 5) is 24.0. The van der Waals surface area contributed by atoms with E-state index < -0.39 is 11.7 Å². The van der Waals surface area contributed by atoms with Gasteiger partial charge in [0.25, 0.3) is 0 Å². The van der Waals surface area contributed by atoms with E-state index >= 15 is 0 Å². The minimum atomic E-state index is -0.528. The molecular formula is C12H19NO4. The fourth-order valence-corrected chi connectivity index (χ4v) is 1.47. The van der Waals surface area contributed by atoms with E-state index in [0.29, 0.717) is 13.0 Å². The van der Waals surface area contributed by atoms with Gasteiger partial charge in [0.05, 0.1) is 6.54 Å². The van der Waals surface area contributed by atoms with Crippen LogP contribution in [-0.2, 0) is 14.3 Å². The van der Waals surface area contributed by atoms with Gasteiger partial charge in [-0.25, -0.2) is 4.79 Å². The molecule has 1 heterocycles. The molecule has 1 rings (SSSR count). The summed E-state index contributed by atoms with van der Waals surface area (Å²) in [5.74, 6) is -0.338. The number of amides is 1. The van der Waals surface area contributed by atoms with Gasteiger partial charge in [-0.2, -0.15) is 0 Å². The van der Waals surface area contributed by atoms with Crippen molar-refractivity contribution in [2.75, 3.05) is 6.54 Å². The fraction of sp³-hybridized carbons (Fsp3) is 0.667. The molecule has 0 fully saturated rings. The quantitative estimate of drug-likeness (QED) is 0.659. The SMILES string of the molecule is CC(=O)O[C@@H]1CC=CN(C(=O)OC(C)(C)C)C1. The molecule has 0 bridgehead atoms. The summed E-state index contributed by atoms with van der Waals surface area (Å²) in [5.41, 5.74) is -0.528. The Morgan fingerprint density at radius 1 is 1.35 bits per heavy atom. The molecule has 0 N–H and O–H groups in total. The lowest BCUT2D eigenvalue weighted by Gasteiger charge is -2.29. The molecule has 0 radical (unpaired) electrons. The first-order valence-electron chi connectivity index (χ1n) is 5.61. The molecule has 0 aromatic rings. The molecular weight excluding hydrogens is 222 g/mol. The maximum absolute atomic E-state index is 11.8. The van der Waals surface area contributed by atoms with Gasteiger partial charge in [0.15, 0.2) is 0 Å². The number of nitrogens with zero attached hydrogens (tertiary/aromatic N) is 1. The number of rotatable bonds is 1. The molecule has 96 valence electrons. The van der Waals surface area contributed by atoms with Crippen molar-refractivity contribution in [2.24, 2.45) is 0 Å². The summed E-state index contributed by atoms with van der Waals surface area (Å²) < 4.78 is 10.3. The highest BCUT2D eigenvalue weighted by Gasteiger charge is 2.26. The predicted molar refractivity (Wildman–Crippen MR) is 62.3 cm³/mol. The van der Waals surface area contributed by atoms with Crippen LogP contribution in [0.4, 0.5) is 4.79 Å². The van der Waals surface area contributed by atoms with Crippen LogP contribution in [0.15, 0.2) is 12.3 Å². The zero-order valence-electron chi connectivity index (χ0n) is 10.7. The number of hydrogen-bond acceptors (Lipinski definition) is 4. The maximum atomic E-state index is 11.8. The van der Waals surface area contributed by atoms with Crippen LogP contribution in [0.5, 0.6) is 0 Å². The molecule has 5 nitrogen and oxygen atoms in total. The number of hydrogen-bond donors (Lipinski definition) is 0. The normalized spacial score (nSPS) is 20.0. The number of carbonyl (C=O) groups excluding carboxylic acids is 2. The molecule has 0 aromatic heterocycles. The lowest BCUT2D eigenvalue weighted by molar-refractivity contribution is -0.147. The fourth-order valence-electron chi connectivity index (χ4n) is 1.47. The van der Waals surface area contributed by atoms with Crippen molar-refractivity contribution in [3.63, 3.8) is 0 Å². The van der Waals surface area contributed by atoms with Crippen molar-refractivity contribution in [3.8, 4) is 0 Å². The first kappa shape index (κ1) is 13.5. The summed E-state index contributed by atoms with van der Waals surface area (Å²) >= 11 is 0. The molecule has 0 aliphatic carbocycles. The number of ether oxygens (including phenoxy) is 2. The number of esters is 1. The second kappa shape index (κ2) is 5.21. The lowest BCUT2D eigenvalue weighted by Crippen LogP contribution is -2.40. The standard InChI is InChI=1S/C12H19NO4/c1-9(14)16-10-6-5-7-13(8-10)11(15)17-12(2,3)4/h5,7,10H,6,8H2,1-4H3/t10-/m1/s1. The maximum Gasteiger partial charge on any atom is 0.414 e. The Bertz CT molecular complexity index is 330. The van der Waals surface area contributed by atoms with Gasteiger partial charge in [-0.1, -0.05) is 6.08 Å². The Balaban J connectivity index is 2.55. The Labute approximate surface area is 101 Å². The van der Waals surface area contributed by atoms with Crippen LogP contribution in [0.1, 0.15) is 34.1 Å². The highest BCUT2D eigenvalue weighted by atomic mass is 16.6. The molecule has 1 aliphatic rings. The van der Waals surface area contributed by atoms with E-state index in [-0.39, 0.29) is 12.1 Å². The van der Waals surface area contributed by atoms with E-state index in [9.17, 15) is 9.59 Å². The van der Waals surface area contributed by atoms with Crippen LogP contribution in [0.3, 0.4) is 0 Å². The van der Waals surface area contributed by atoms with Gasteiger partial charge in [0, 0.05) is 19.5 Å². The summed E-state index contributed by atoms with van der Waals surface area (Å²) in [6.07, 6.45) is 3.36. The smallest absolute Gasteiger partial charge is 0.414 e. The van der Waals surface area contributed by atoms with Crippen molar-refractivity contribution >= 4 is 12.1 Å². The highest BCUT2D eigenvalue weighted by Crippen LogP contribution is 2.15. The van der Waals surface area contributed by atoms with E-state index in [2.05, 4.69) is 0 Å². The van der Waals surface area contributed by atoms with E-state index in [0.717, 1.165) is 0 Å². The Hall–Kier alpha value is -1.52. The predicted octanol–water partition coefficient (Wildman–Crippen LogP) is 2.07. The molecule has 0 unspecified atom stereocenters. The molecule has 0 saturated heterocycles. The Morgan fingerprint density at radius 3 is 2.53 bits per heavy atom. The molecule has 0 spiro atoms.